The molecule has 1 aliphatic carbocycles. The number of amides is 2. The van der Waals surface area contributed by atoms with Crippen LogP contribution in [0.1, 0.15) is 36.4 Å². The molecule has 2 amide bonds. The number of anilines is 2. The maximum atomic E-state index is 13.5. The topological polar surface area (TPSA) is 65.5 Å². The lowest BCUT2D eigenvalue weighted by molar-refractivity contribution is -0.134. The molecule has 31 heavy (non-hydrogen) atoms. The summed E-state index contributed by atoms with van der Waals surface area (Å²) in [6.45, 7) is 8.75. The molecule has 1 N–H and O–H groups in total. The Hall–Kier alpha value is -2.48. The van der Waals surface area contributed by atoms with Crippen LogP contribution in [-0.2, 0) is 22.4 Å². The second-order valence-corrected chi connectivity index (χ2v) is 9.78. The predicted octanol–water partition coefficient (Wildman–Crippen LogP) is 3.64. The third kappa shape index (κ3) is 4.74. The number of hydrogen-bond donors (Lipinski definition) is 1. The van der Waals surface area contributed by atoms with E-state index < -0.39 is 0 Å². The van der Waals surface area contributed by atoms with Gasteiger partial charge in [-0.1, -0.05) is 19.9 Å². The van der Waals surface area contributed by atoms with E-state index >= 15 is 0 Å². The summed E-state index contributed by atoms with van der Waals surface area (Å²) >= 11 is 1.66. The Morgan fingerprint density at radius 3 is 2.68 bits per heavy atom. The Bertz CT molecular complexity index is 982. The highest BCUT2D eigenvalue weighted by Gasteiger charge is 2.30. The lowest BCUT2D eigenvalue weighted by atomic mass is 9.90. The molecule has 4 rings (SSSR count). The maximum Gasteiger partial charge on any atom is 0.227 e. The minimum absolute atomic E-state index is 0.0259. The van der Waals surface area contributed by atoms with Crippen molar-refractivity contribution in [3.63, 3.8) is 0 Å². The summed E-state index contributed by atoms with van der Waals surface area (Å²) in [6, 6.07) is 4.44. The fourth-order valence-corrected chi connectivity index (χ4v) is 5.41. The Morgan fingerprint density at radius 2 is 1.97 bits per heavy atom. The van der Waals surface area contributed by atoms with Gasteiger partial charge in [0.05, 0.1) is 5.69 Å². The normalized spacial score (nSPS) is 18.8. The van der Waals surface area contributed by atoms with Gasteiger partial charge in [-0.15, -0.1) is 11.3 Å². The predicted molar refractivity (Wildman–Crippen MR) is 121 cm³/mol. The largest absolute Gasteiger partial charge is 0.345 e. The fourth-order valence-electron chi connectivity index (χ4n) is 4.17. The van der Waals surface area contributed by atoms with Crippen LogP contribution in [0, 0.1) is 24.6 Å². The van der Waals surface area contributed by atoms with Gasteiger partial charge in [-0.2, -0.15) is 0 Å². The number of nitrogens with one attached hydrogen (secondary N) is 1. The SMILES string of the molecule is Cc1ccc(F)cc1NC(=O)C1CCc2nc(N3CCN(C(=O)C(C)C)CC3)sc2C1. The Morgan fingerprint density at radius 1 is 1.23 bits per heavy atom. The molecule has 0 saturated carbocycles. The van der Waals surface area contributed by atoms with Crippen molar-refractivity contribution in [1.82, 2.24) is 9.88 Å². The molecule has 1 atom stereocenters. The first-order chi connectivity index (χ1) is 14.8. The summed E-state index contributed by atoms with van der Waals surface area (Å²) in [6.07, 6.45) is 2.18. The molecule has 1 unspecified atom stereocenters. The molecule has 6 nitrogen and oxygen atoms in total. The van der Waals surface area contributed by atoms with E-state index in [-0.39, 0.29) is 29.5 Å². The van der Waals surface area contributed by atoms with E-state index in [1.807, 2.05) is 25.7 Å². The molecule has 1 fully saturated rings. The van der Waals surface area contributed by atoms with Crippen LogP contribution in [-0.4, -0.2) is 47.9 Å². The quantitative estimate of drug-likeness (QED) is 0.782. The minimum Gasteiger partial charge on any atom is -0.345 e. The van der Waals surface area contributed by atoms with Crippen molar-refractivity contribution in [2.45, 2.75) is 40.0 Å². The van der Waals surface area contributed by atoms with Crippen molar-refractivity contribution in [2.24, 2.45) is 11.8 Å². The summed E-state index contributed by atoms with van der Waals surface area (Å²) in [5.74, 6) is -0.313. The van der Waals surface area contributed by atoms with Crippen LogP contribution < -0.4 is 10.2 Å². The number of carbonyl (C=O) groups excluding carboxylic acids is 2. The molecular weight excluding hydrogens is 415 g/mol. The van der Waals surface area contributed by atoms with Gasteiger partial charge in [0.25, 0.3) is 0 Å². The number of aryl methyl sites for hydroxylation is 2. The van der Waals surface area contributed by atoms with Crippen LogP contribution in [0.2, 0.25) is 0 Å². The molecule has 1 aromatic heterocycles. The van der Waals surface area contributed by atoms with E-state index in [1.54, 1.807) is 17.4 Å². The minimum atomic E-state index is -0.353. The second-order valence-electron chi connectivity index (χ2n) is 8.72. The summed E-state index contributed by atoms with van der Waals surface area (Å²) in [7, 11) is 0. The van der Waals surface area contributed by atoms with Crippen molar-refractivity contribution in [3.05, 3.63) is 40.2 Å². The van der Waals surface area contributed by atoms with Crippen LogP contribution in [0.25, 0.3) is 0 Å². The number of nitrogens with zero attached hydrogens (tertiary/aromatic N) is 3. The molecular formula is C23H29FN4O2S. The molecule has 1 aliphatic heterocycles. The first kappa shape index (κ1) is 21.7. The average Bonchev–Trinajstić information content (AvgIpc) is 3.19. The van der Waals surface area contributed by atoms with Gasteiger partial charge >= 0.3 is 0 Å². The van der Waals surface area contributed by atoms with Crippen molar-refractivity contribution in [1.29, 1.82) is 0 Å². The van der Waals surface area contributed by atoms with Gasteiger partial charge < -0.3 is 15.1 Å². The second kappa shape index (κ2) is 8.94. The first-order valence-corrected chi connectivity index (χ1v) is 11.7. The van der Waals surface area contributed by atoms with Crippen LogP contribution >= 0.6 is 11.3 Å². The Labute approximate surface area is 186 Å². The number of aromatic nitrogens is 1. The van der Waals surface area contributed by atoms with Crippen molar-refractivity contribution >= 4 is 34.0 Å². The lowest BCUT2D eigenvalue weighted by Crippen LogP contribution is -2.49. The van der Waals surface area contributed by atoms with Crippen LogP contribution in [0.4, 0.5) is 15.2 Å². The number of thiazole rings is 1. The molecule has 2 aromatic rings. The highest BCUT2D eigenvalue weighted by Crippen LogP contribution is 2.35. The van der Waals surface area contributed by atoms with E-state index in [0.29, 0.717) is 12.1 Å². The van der Waals surface area contributed by atoms with E-state index in [4.69, 9.17) is 4.98 Å². The van der Waals surface area contributed by atoms with Crippen LogP contribution in [0.15, 0.2) is 18.2 Å². The van der Waals surface area contributed by atoms with Crippen molar-refractivity contribution < 1.29 is 14.0 Å². The van der Waals surface area contributed by atoms with Gasteiger partial charge in [-0.25, -0.2) is 9.37 Å². The third-order valence-corrected chi connectivity index (χ3v) is 7.29. The molecule has 2 heterocycles. The number of rotatable bonds is 4. The number of halogens is 1. The number of carbonyl (C=O) groups is 2. The fraction of sp³-hybridized carbons (Fsp3) is 0.522. The zero-order valence-electron chi connectivity index (χ0n) is 18.3. The standard InChI is InChI=1S/C23H29FN4O2S/c1-14(2)22(30)27-8-10-28(11-9-27)23-26-18-7-5-16(12-20(18)31-23)21(29)25-19-13-17(24)6-4-15(19)3/h4,6,13-14,16H,5,7-12H2,1-3H3,(H,25,29). The highest BCUT2D eigenvalue weighted by molar-refractivity contribution is 7.15. The van der Waals surface area contributed by atoms with Gasteiger partial charge in [0, 0.05) is 48.6 Å². The summed E-state index contributed by atoms with van der Waals surface area (Å²) in [4.78, 5) is 35.2. The molecule has 0 bridgehead atoms. The van der Waals surface area contributed by atoms with Gasteiger partial charge in [0.15, 0.2) is 5.13 Å². The first-order valence-electron chi connectivity index (χ1n) is 10.9. The zero-order valence-corrected chi connectivity index (χ0v) is 19.1. The molecule has 166 valence electrons. The van der Waals surface area contributed by atoms with E-state index in [0.717, 1.165) is 60.3 Å². The van der Waals surface area contributed by atoms with Gasteiger partial charge in [0.1, 0.15) is 5.82 Å². The zero-order chi connectivity index (χ0) is 22.1. The molecule has 1 saturated heterocycles. The smallest absolute Gasteiger partial charge is 0.227 e. The van der Waals surface area contributed by atoms with E-state index in [2.05, 4.69) is 10.2 Å². The molecule has 0 spiro atoms. The van der Waals surface area contributed by atoms with E-state index in [9.17, 15) is 14.0 Å². The third-order valence-electron chi connectivity index (χ3n) is 6.11. The summed E-state index contributed by atoms with van der Waals surface area (Å²) in [5, 5.41) is 3.89. The van der Waals surface area contributed by atoms with Gasteiger partial charge in [-0.05, 0) is 43.9 Å². The van der Waals surface area contributed by atoms with E-state index in [1.165, 1.54) is 12.1 Å². The lowest BCUT2D eigenvalue weighted by Gasteiger charge is -2.35. The van der Waals surface area contributed by atoms with Gasteiger partial charge in [-0.3, -0.25) is 9.59 Å². The Balaban J connectivity index is 1.38. The maximum absolute atomic E-state index is 13.5. The summed E-state index contributed by atoms with van der Waals surface area (Å²) in [5.41, 5.74) is 2.47. The molecule has 0 radical (unpaired) electrons. The highest BCUT2D eigenvalue weighted by atomic mass is 32.1. The van der Waals surface area contributed by atoms with Crippen LogP contribution in [0.5, 0.6) is 0 Å². The molecule has 8 heteroatoms. The number of piperazine rings is 1. The van der Waals surface area contributed by atoms with Crippen LogP contribution in [0.3, 0.4) is 0 Å². The number of benzene rings is 1. The molecule has 2 aliphatic rings. The Kier molecular flexibility index (Phi) is 6.27. The summed E-state index contributed by atoms with van der Waals surface area (Å²) < 4.78 is 13.5. The monoisotopic (exact) mass is 444 g/mol. The van der Waals surface area contributed by atoms with Gasteiger partial charge in [0.2, 0.25) is 11.8 Å². The number of hydrogen-bond acceptors (Lipinski definition) is 5. The van der Waals surface area contributed by atoms with Crippen molar-refractivity contribution in [2.75, 3.05) is 36.4 Å². The number of fused-ring (bicyclic) bond motifs is 1. The average molecular weight is 445 g/mol. The molecule has 1 aromatic carbocycles. The van der Waals surface area contributed by atoms with Crippen molar-refractivity contribution in [3.8, 4) is 0 Å².